The van der Waals surface area contributed by atoms with Crippen molar-refractivity contribution in [1.29, 1.82) is 0 Å². The van der Waals surface area contributed by atoms with Gasteiger partial charge in [-0.25, -0.2) is 4.79 Å². The van der Waals surface area contributed by atoms with Crippen molar-refractivity contribution in [2.24, 2.45) is 5.41 Å². The first kappa shape index (κ1) is 18.9. The van der Waals surface area contributed by atoms with Gasteiger partial charge in [-0.3, -0.25) is 0 Å². The summed E-state index contributed by atoms with van der Waals surface area (Å²) in [6.45, 7) is 3.83. The SMILES string of the molecule is CC(C)([C@@H](O)c1ccccc1)[C@@H](OC(=O)c1ccccc1)c1ccccc1. The summed E-state index contributed by atoms with van der Waals surface area (Å²) in [6, 6.07) is 27.9. The minimum absolute atomic E-state index is 0.405. The van der Waals surface area contributed by atoms with Crippen LogP contribution in [0, 0.1) is 5.41 Å². The molecule has 1 N–H and O–H groups in total. The minimum atomic E-state index is -0.799. The van der Waals surface area contributed by atoms with Crippen molar-refractivity contribution < 1.29 is 14.6 Å². The molecule has 0 amide bonds. The molecule has 0 radical (unpaired) electrons. The lowest BCUT2D eigenvalue weighted by Crippen LogP contribution is -2.33. The fourth-order valence-electron chi connectivity index (χ4n) is 3.23. The van der Waals surface area contributed by atoms with Crippen LogP contribution in [0.3, 0.4) is 0 Å². The monoisotopic (exact) mass is 360 g/mol. The second kappa shape index (κ2) is 8.19. The Hall–Kier alpha value is -2.91. The number of aliphatic hydroxyl groups is 1. The summed E-state index contributed by atoms with van der Waals surface area (Å²) in [5.74, 6) is -0.405. The van der Waals surface area contributed by atoms with Gasteiger partial charge in [0.05, 0.1) is 11.7 Å². The molecule has 0 spiro atoms. The van der Waals surface area contributed by atoms with Crippen molar-refractivity contribution in [3.8, 4) is 0 Å². The minimum Gasteiger partial charge on any atom is -0.453 e. The fraction of sp³-hybridized carbons (Fsp3) is 0.208. The summed E-state index contributed by atoms with van der Waals surface area (Å²) in [5, 5.41) is 11.1. The highest BCUT2D eigenvalue weighted by atomic mass is 16.5. The highest BCUT2D eigenvalue weighted by molar-refractivity contribution is 5.89. The van der Waals surface area contributed by atoms with Crippen LogP contribution in [0.4, 0.5) is 0 Å². The third kappa shape index (κ3) is 4.26. The van der Waals surface area contributed by atoms with Crippen molar-refractivity contribution in [3.05, 3.63) is 108 Å². The van der Waals surface area contributed by atoms with Gasteiger partial charge in [0.1, 0.15) is 6.10 Å². The van der Waals surface area contributed by atoms with Crippen molar-refractivity contribution in [3.63, 3.8) is 0 Å². The van der Waals surface area contributed by atoms with Crippen molar-refractivity contribution >= 4 is 5.97 Å². The third-order valence-electron chi connectivity index (χ3n) is 4.83. The number of carbonyl (C=O) groups is 1. The summed E-state index contributed by atoms with van der Waals surface area (Å²) in [6.07, 6.45) is -1.41. The topological polar surface area (TPSA) is 46.5 Å². The molecule has 2 atom stereocenters. The van der Waals surface area contributed by atoms with Crippen LogP contribution in [-0.4, -0.2) is 11.1 Å². The molecule has 0 aliphatic heterocycles. The molecule has 3 rings (SSSR count). The van der Waals surface area contributed by atoms with Crippen LogP contribution in [0.15, 0.2) is 91.0 Å². The molecule has 0 saturated heterocycles. The standard InChI is InChI=1S/C24H24O3/c1-24(2,21(25)18-12-6-3-7-13-18)22(19-14-8-4-9-15-19)27-23(26)20-16-10-5-11-17-20/h3-17,21-22,25H,1-2H3/t21-,22-/m0/s1. The molecule has 0 bridgehead atoms. The van der Waals surface area contributed by atoms with Gasteiger partial charge in [-0.05, 0) is 23.3 Å². The Morgan fingerprint density at radius 1 is 0.778 bits per heavy atom. The largest absolute Gasteiger partial charge is 0.453 e. The van der Waals surface area contributed by atoms with Crippen molar-refractivity contribution in [2.45, 2.75) is 26.1 Å². The van der Waals surface area contributed by atoms with Gasteiger partial charge in [0.2, 0.25) is 0 Å². The zero-order valence-corrected chi connectivity index (χ0v) is 15.6. The number of aliphatic hydroxyl groups excluding tert-OH is 1. The Labute approximate surface area is 160 Å². The molecule has 3 nitrogen and oxygen atoms in total. The van der Waals surface area contributed by atoms with Gasteiger partial charge in [-0.15, -0.1) is 0 Å². The second-order valence-electron chi connectivity index (χ2n) is 7.20. The molecular formula is C24H24O3. The Morgan fingerprint density at radius 2 is 1.22 bits per heavy atom. The van der Waals surface area contributed by atoms with E-state index in [1.165, 1.54) is 0 Å². The van der Waals surface area contributed by atoms with Gasteiger partial charge >= 0.3 is 5.97 Å². The van der Waals surface area contributed by atoms with Crippen LogP contribution < -0.4 is 0 Å². The Balaban J connectivity index is 1.95. The molecule has 138 valence electrons. The summed E-state index contributed by atoms with van der Waals surface area (Å²) >= 11 is 0. The van der Waals surface area contributed by atoms with Gasteiger partial charge in [0.25, 0.3) is 0 Å². The van der Waals surface area contributed by atoms with Crippen molar-refractivity contribution in [1.82, 2.24) is 0 Å². The predicted molar refractivity (Wildman–Crippen MR) is 106 cm³/mol. The normalized spacial score (nSPS) is 13.6. The molecule has 0 aliphatic rings. The number of benzene rings is 3. The van der Waals surface area contributed by atoms with E-state index in [1.54, 1.807) is 24.3 Å². The van der Waals surface area contributed by atoms with E-state index in [1.807, 2.05) is 80.6 Å². The molecule has 0 aliphatic carbocycles. The zero-order valence-electron chi connectivity index (χ0n) is 15.6. The summed E-state index contributed by atoms with van der Waals surface area (Å²) < 4.78 is 5.93. The average molecular weight is 360 g/mol. The van der Waals surface area contributed by atoms with Gasteiger partial charge in [0.15, 0.2) is 0 Å². The molecule has 0 saturated carbocycles. The number of hydrogen-bond donors (Lipinski definition) is 1. The van der Waals surface area contributed by atoms with Gasteiger partial charge in [0, 0.05) is 5.41 Å². The van der Waals surface area contributed by atoms with E-state index in [9.17, 15) is 9.90 Å². The maximum atomic E-state index is 12.7. The molecule has 3 heteroatoms. The Bertz CT molecular complexity index is 858. The number of ether oxygens (including phenoxy) is 1. The van der Waals surface area contributed by atoms with Crippen molar-refractivity contribution in [2.75, 3.05) is 0 Å². The third-order valence-corrected chi connectivity index (χ3v) is 4.83. The van der Waals surface area contributed by atoms with E-state index in [0.717, 1.165) is 11.1 Å². The number of esters is 1. The average Bonchev–Trinajstić information content (AvgIpc) is 2.73. The van der Waals surface area contributed by atoms with E-state index in [2.05, 4.69) is 0 Å². The van der Waals surface area contributed by atoms with Crippen LogP contribution in [0.25, 0.3) is 0 Å². The Kier molecular flexibility index (Phi) is 5.72. The quantitative estimate of drug-likeness (QED) is 0.603. The molecule has 0 heterocycles. The first-order chi connectivity index (χ1) is 13.0. The molecule has 3 aromatic carbocycles. The van der Waals surface area contributed by atoms with E-state index in [0.29, 0.717) is 5.56 Å². The maximum Gasteiger partial charge on any atom is 0.338 e. The highest BCUT2D eigenvalue weighted by Crippen LogP contribution is 2.46. The van der Waals surface area contributed by atoms with Crippen LogP contribution in [0.5, 0.6) is 0 Å². The van der Waals surface area contributed by atoms with Crippen LogP contribution in [0.2, 0.25) is 0 Å². The summed E-state index contributed by atoms with van der Waals surface area (Å²) in [7, 11) is 0. The lowest BCUT2D eigenvalue weighted by atomic mass is 9.75. The Morgan fingerprint density at radius 3 is 1.74 bits per heavy atom. The fourth-order valence-corrected chi connectivity index (χ4v) is 3.23. The first-order valence-electron chi connectivity index (χ1n) is 9.04. The lowest BCUT2D eigenvalue weighted by molar-refractivity contribution is -0.0661. The number of rotatable bonds is 6. The number of carbonyl (C=O) groups excluding carboxylic acids is 1. The lowest BCUT2D eigenvalue weighted by Gasteiger charge is -2.38. The van der Waals surface area contributed by atoms with E-state index in [4.69, 9.17) is 4.74 Å². The summed E-state index contributed by atoms with van der Waals surface area (Å²) in [5.41, 5.74) is 1.39. The van der Waals surface area contributed by atoms with E-state index in [-0.39, 0.29) is 0 Å². The maximum absolute atomic E-state index is 12.7. The second-order valence-corrected chi connectivity index (χ2v) is 7.20. The zero-order chi connectivity index (χ0) is 19.3. The number of hydrogen-bond acceptors (Lipinski definition) is 3. The van der Waals surface area contributed by atoms with Crippen LogP contribution in [0.1, 0.15) is 47.5 Å². The highest BCUT2D eigenvalue weighted by Gasteiger charge is 2.41. The summed E-state index contributed by atoms with van der Waals surface area (Å²) in [4.78, 5) is 12.7. The van der Waals surface area contributed by atoms with Gasteiger partial charge in [-0.2, -0.15) is 0 Å². The molecule has 0 unspecified atom stereocenters. The smallest absolute Gasteiger partial charge is 0.338 e. The van der Waals surface area contributed by atoms with E-state index >= 15 is 0 Å². The van der Waals surface area contributed by atoms with Crippen LogP contribution >= 0.6 is 0 Å². The molecular weight excluding hydrogens is 336 g/mol. The molecule has 0 aromatic heterocycles. The predicted octanol–water partition coefficient (Wildman–Crippen LogP) is 5.34. The molecule has 3 aromatic rings. The van der Waals surface area contributed by atoms with E-state index < -0.39 is 23.6 Å². The van der Waals surface area contributed by atoms with Crippen LogP contribution in [-0.2, 0) is 4.74 Å². The first-order valence-corrected chi connectivity index (χ1v) is 9.04. The molecule has 0 fully saturated rings. The van der Waals surface area contributed by atoms with Gasteiger partial charge < -0.3 is 9.84 Å². The molecule has 27 heavy (non-hydrogen) atoms. The van der Waals surface area contributed by atoms with Gasteiger partial charge in [-0.1, -0.05) is 92.7 Å².